The van der Waals surface area contributed by atoms with Gasteiger partial charge in [0, 0.05) is 42.0 Å². The van der Waals surface area contributed by atoms with E-state index in [0.717, 1.165) is 5.56 Å². The molecule has 0 saturated heterocycles. The Kier molecular flexibility index (Phi) is 6.28. The van der Waals surface area contributed by atoms with Crippen LogP contribution in [0.3, 0.4) is 0 Å². The molecule has 27 heavy (non-hydrogen) atoms. The molecule has 1 heterocycles. The quantitative estimate of drug-likeness (QED) is 0.809. The van der Waals surface area contributed by atoms with E-state index in [4.69, 9.17) is 21.4 Å². The van der Waals surface area contributed by atoms with Gasteiger partial charge in [-0.2, -0.15) is 0 Å². The Hall–Kier alpha value is -2.80. The number of hydrogen-bond donors (Lipinski definition) is 2. The van der Waals surface area contributed by atoms with E-state index in [9.17, 15) is 9.59 Å². The Balaban J connectivity index is 2.60. The molecule has 0 aliphatic rings. The number of nitrogens with one attached hydrogen (secondary N) is 1. The lowest BCUT2D eigenvalue weighted by molar-refractivity contribution is 0.0822. The highest BCUT2D eigenvalue weighted by Gasteiger charge is 2.22. The fourth-order valence-corrected chi connectivity index (χ4v) is 3.01. The van der Waals surface area contributed by atoms with Crippen molar-refractivity contribution in [3.63, 3.8) is 0 Å². The van der Waals surface area contributed by atoms with Crippen LogP contribution in [-0.2, 0) is 0 Å². The summed E-state index contributed by atoms with van der Waals surface area (Å²) in [7, 11) is 4.83. The molecular formula is C19H22ClN3O4. The van der Waals surface area contributed by atoms with Crippen molar-refractivity contribution >= 4 is 23.6 Å². The summed E-state index contributed by atoms with van der Waals surface area (Å²) in [6.07, 6.45) is 0.438. The highest BCUT2D eigenvalue weighted by molar-refractivity contribution is 6.32. The largest absolute Gasteiger partial charge is 0.496 e. The van der Waals surface area contributed by atoms with Crippen LogP contribution in [0.4, 0.5) is 4.79 Å². The van der Waals surface area contributed by atoms with Crippen LogP contribution in [0.5, 0.6) is 5.75 Å². The molecule has 144 valence electrons. The lowest BCUT2D eigenvalue weighted by Crippen LogP contribution is -2.25. The number of aromatic nitrogens is 1. The summed E-state index contributed by atoms with van der Waals surface area (Å²) in [6.45, 7) is 3.55. The van der Waals surface area contributed by atoms with Gasteiger partial charge in [0.25, 0.3) is 5.91 Å². The number of amides is 2. The minimum absolute atomic E-state index is 0.198. The smallest absolute Gasteiger partial charge is 0.405 e. The first-order chi connectivity index (χ1) is 12.7. The maximum absolute atomic E-state index is 12.0. The molecule has 0 bridgehead atoms. The highest BCUT2D eigenvalue weighted by Crippen LogP contribution is 2.42. The van der Waals surface area contributed by atoms with Gasteiger partial charge in [-0.1, -0.05) is 17.7 Å². The molecule has 0 aliphatic carbocycles. The van der Waals surface area contributed by atoms with E-state index in [1.807, 2.05) is 6.92 Å². The van der Waals surface area contributed by atoms with Crippen LogP contribution in [-0.4, -0.2) is 48.2 Å². The van der Waals surface area contributed by atoms with Crippen molar-refractivity contribution in [1.82, 2.24) is 15.2 Å². The third kappa shape index (κ3) is 4.31. The van der Waals surface area contributed by atoms with Crippen molar-refractivity contribution in [3.05, 3.63) is 46.2 Å². The van der Waals surface area contributed by atoms with Gasteiger partial charge in [-0.05, 0) is 31.5 Å². The van der Waals surface area contributed by atoms with E-state index in [2.05, 4.69) is 10.3 Å². The molecule has 0 spiro atoms. The van der Waals surface area contributed by atoms with Gasteiger partial charge in [0.1, 0.15) is 11.4 Å². The fourth-order valence-electron chi connectivity index (χ4n) is 2.79. The van der Waals surface area contributed by atoms with Crippen LogP contribution in [0, 0.1) is 6.92 Å². The molecule has 2 N–H and O–H groups in total. The Morgan fingerprint density at radius 1 is 1.33 bits per heavy atom. The van der Waals surface area contributed by atoms with Crippen LogP contribution in [0.15, 0.2) is 24.4 Å². The molecule has 0 radical (unpaired) electrons. The number of pyridine rings is 1. The monoisotopic (exact) mass is 391 g/mol. The summed E-state index contributed by atoms with van der Waals surface area (Å²) in [5.41, 5.74) is 3.12. The lowest BCUT2D eigenvalue weighted by Gasteiger charge is -2.21. The summed E-state index contributed by atoms with van der Waals surface area (Å²) < 4.78 is 5.59. The molecule has 2 amide bonds. The van der Waals surface area contributed by atoms with Crippen molar-refractivity contribution in [2.75, 3.05) is 21.2 Å². The van der Waals surface area contributed by atoms with E-state index >= 15 is 0 Å². The van der Waals surface area contributed by atoms with Crippen LogP contribution in [0.1, 0.15) is 34.6 Å². The van der Waals surface area contributed by atoms with Crippen molar-refractivity contribution in [2.24, 2.45) is 0 Å². The van der Waals surface area contributed by atoms with Crippen molar-refractivity contribution in [2.45, 2.75) is 19.9 Å². The number of methoxy groups -OCH3 is 1. The van der Waals surface area contributed by atoms with E-state index in [-0.39, 0.29) is 5.91 Å². The van der Waals surface area contributed by atoms with Gasteiger partial charge in [0.2, 0.25) is 0 Å². The molecule has 0 fully saturated rings. The number of carbonyl (C=O) groups excluding carboxylic acids is 1. The lowest BCUT2D eigenvalue weighted by atomic mass is 9.94. The highest BCUT2D eigenvalue weighted by atomic mass is 35.5. The molecular weight excluding hydrogens is 370 g/mol. The first-order valence-electron chi connectivity index (χ1n) is 8.21. The van der Waals surface area contributed by atoms with Crippen molar-refractivity contribution in [3.8, 4) is 16.9 Å². The van der Waals surface area contributed by atoms with Crippen LogP contribution < -0.4 is 10.1 Å². The number of nitrogens with zero attached hydrogens (tertiary/aromatic N) is 2. The maximum atomic E-state index is 12.0. The van der Waals surface area contributed by atoms with E-state index in [1.165, 1.54) is 12.0 Å². The molecule has 0 unspecified atom stereocenters. The third-order valence-corrected chi connectivity index (χ3v) is 4.59. The van der Waals surface area contributed by atoms with Gasteiger partial charge in [-0.15, -0.1) is 0 Å². The zero-order valence-electron chi connectivity index (χ0n) is 15.8. The zero-order chi connectivity index (χ0) is 20.3. The number of ether oxygens (including phenoxy) is 1. The standard InChI is InChI=1S/C19H22ClN3O4/c1-10-14(20)8-13(11(2)22-19(25)26)17(27-5)16(10)12-6-7-15(21-9-12)18(24)23(3)4/h6-9,11,22H,1-5H3,(H,25,26)/t11-/m0/s1. The molecule has 1 aromatic heterocycles. The Morgan fingerprint density at radius 2 is 2.00 bits per heavy atom. The van der Waals surface area contributed by atoms with E-state index in [1.54, 1.807) is 45.4 Å². The average Bonchev–Trinajstić information content (AvgIpc) is 2.62. The molecule has 8 heteroatoms. The second-order valence-corrected chi connectivity index (χ2v) is 6.69. The van der Waals surface area contributed by atoms with Crippen molar-refractivity contribution < 1.29 is 19.4 Å². The molecule has 2 aromatic rings. The van der Waals surface area contributed by atoms with Crippen LogP contribution in [0.2, 0.25) is 5.02 Å². The molecule has 0 saturated carbocycles. The maximum Gasteiger partial charge on any atom is 0.405 e. The molecule has 7 nitrogen and oxygen atoms in total. The summed E-state index contributed by atoms with van der Waals surface area (Å²) >= 11 is 6.39. The topological polar surface area (TPSA) is 91.8 Å². The van der Waals surface area contributed by atoms with Gasteiger partial charge in [-0.3, -0.25) is 9.78 Å². The molecule has 1 aromatic carbocycles. The number of halogens is 1. The summed E-state index contributed by atoms with van der Waals surface area (Å²) in [5, 5.41) is 11.9. The first kappa shape index (κ1) is 20.5. The number of carbonyl (C=O) groups is 2. The fraction of sp³-hybridized carbons (Fsp3) is 0.316. The van der Waals surface area contributed by atoms with Gasteiger partial charge in [-0.25, -0.2) is 4.79 Å². The number of carboxylic acid groups (broad SMARTS) is 1. The summed E-state index contributed by atoms with van der Waals surface area (Å²) in [6, 6.07) is 4.56. The molecule has 1 atom stereocenters. The van der Waals surface area contributed by atoms with Gasteiger partial charge < -0.3 is 20.1 Å². The Labute approximate surface area is 162 Å². The Bertz CT molecular complexity index is 866. The molecule has 2 rings (SSSR count). The number of benzene rings is 1. The van der Waals surface area contributed by atoms with Gasteiger partial charge >= 0.3 is 6.09 Å². The first-order valence-corrected chi connectivity index (χ1v) is 8.59. The SMILES string of the molecule is COc1c([C@H](C)NC(=O)O)cc(Cl)c(C)c1-c1ccc(C(=O)N(C)C)nc1. The second-order valence-electron chi connectivity index (χ2n) is 6.28. The third-order valence-electron chi connectivity index (χ3n) is 4.19. The predicted octanol–water partition coefficient (Wildman–Crippen LogP) is 3.75. The predicted molar refractivity (Wildman–Crippen MR) is 104 cm³/mol. The minimum atomic E-state index is -1.14. The number of hydrogen-bond acceptors (Lipinski definition) is 4. The zero-order valence-corrected chi connectivity index (χ0v) is 16.6. The van der Waals surface area contributed by atoms with Gasteiger partial charge in [0.15, 0.2) is 0 Å². The van der Waals surface area contributed by atoms with Crippen LogP contribution >= 0.6 is 11.6 Å². The van der Waals surface area contributed by atoms with Crippen molar-refractivity contribution in [1.29, 1.82) is 0 Å². The Morgan fingerprint density at radius 3 is 2.48 bits per heavy atom. The van der Waals surface area contributed by atoms with E-state index in [0.29, 0.717) is 33.2 Å². The van der Waals surface area contributed by atoms with Crippen LogP contribution in [0.25, 0.3) is 11.1 Å². The average molecular weight is 392 g/mol. The van der Waals surface area contributed by atoms with E-state index < -0.39 is 12.1 Å². The summed E-state index contributed by atoms with van der Waals surface area (Å²) in [4.78, 5) is 28.7. The summed E-state index contributed by atoms with van der Waals surface area (Å²) in [5.74, 6) is 0.308. The minimum Gasteiger partial charge on any atom is -0.496 e. The number of rotatable bonds is 5. The normalized spacial score (nSPS) is 11.6. The van der Waals surface area contributed by atoms with Gasteiger partial charge in [0.05, 0.1) is 13.2 Å². The molecule has 0 aliphatic heterocycles. The second kappa shape index (κ2) is 8.26.